The van der Waals surface area contributed by atoms with Gasteiger partial charge in [-0.3, -0.25) is 28.8 Å². The summed E-state index contributed by atoms with van der Waals surface area (Å²) in [6.07, 6.45) is -18.4. The standard InChI is InChI=1S/C29H38N12O16/c1-10(42)48-9-19-24(51-13(4)45)27(53-15(6)47)29(55-19)57-26-21(49-11(2)43)16(35-39-31)7-17(36-40-32)22(26)56-28-20(37-41-33)25(52-14(5)46)23(50-12(3)44)18(54-28)8-34-38-30/h16-29H,7-9H2,1-6H3/t16-,17+,18-,19-,20-,21+,22-,23-,24-,25-,26-,27-,28-,29+/m1/s1. The lowest BCUT2D eigenvalue weighted by Gasteiger charge is -2.48. The fourth-order valence-electron chi connectivity index (χ4n) is 6.36. The molecule has 3 fully saturated rings. The number of carbonyl (C=O) groups excluding carboxylic acids is 6. The molecule has 1 aliphatic carbocycles. The number of esters is 6. The highest BCUT2D eigenvalue weighted by atomic mass is 16.8. The summed E-state index contributed by atoms with van der Waals surface area (Å²) >= 11 is 0. The van der Waals surface area contributed by atoms with Crippen LogP contribution in [0.15, 0.2) is 20.5 Å². The Kier molecular flexibility index (Phi) is 16.9. The van der Waals surface area contributed by atoms with Gasteiger partial charge in [-0.25, -0.2) is 0 Å². The molecular weight excluding hydrogens is 772 g/mol. The van der Waals surface area contributed by atoms with E-state index in [1.807, 2.05) is 0 Å². The van der Waals surface area contributed by atoms with Gasteiger partial charge in [-0.05, 0) is 28.5 Å². The van der Waals surface area contributed by atoms with E-state index in [2.05, 4.69) is 40.1 Å². The number of rotatable bonds is 16. The van der Waals surface area contributed by atoms with E-state index in [4.69, 9.17) is 52.9 Å². The summed E-state index contributed by atoms with van der Waals surface area (Å²) in [6, 6.07) is -4.53. The van der Waals surface area contributed by atoms with Crippen LogP contribution in [0.25, 0.3) is 41.8 Å². The number of nitrogens with zero attached hydrogens (tertiary/aromatic N) is 12. The van der Waals surface area contributed by atoms with Crippen molar-refractivity contribution < 1.29 is 76.1 Å². The normalized spacial score (nSPS) is 32.9. The topological polar surface area (TPSA) is 390 Å². The molecule has 2 heterocycles. The molecule has 3 aliphatic rings. The molecule has 28 heteroatoms. The van der Waals surface area contributed by atoms with Gasteiger partial charge in [0.15, 0.2) is 37.0 Å². The van der Waals surface area contributed by atoms with Crippen LogP contribution in [-0.2, 0) is 76.1 Å². The van der Waals surface area contributed by atoms with Crippen molar-refractivity contribution >= 4 is 35.8 Å². The summed E-state index contributed by atoms with van der Waals surface area (Å²) in [4.78, 5) is 84.3. The van der Waals surface area contributed by atoms with E-state index in [1.54, 1.807) is 0 Å². The lowest BCUT2D eigenvalue weighted by atomic mass is 9.83. The van der Waals surface area contributed by atoms with Crippen molar-refractivity contribution in [3.63, 3.8) is 0 Å². The van der Waals surface area contributed by atoms with Crippen molar-refractivity contribution in [2.75, 3.05) is 13.2 Å². The molecule has 28 nitrogen and oxygen atoms in total. The van der Waals surface area contributed by atoms with Crippen molar-refractivity contribution in [1.29, 1.82) is 0 Å². The highest BCUT2D eigenvalue weighted by Crippen LogP contribution is 2.39. The third-order valence-electron chi connectivity index (χ3n) is 8.22. The molecule has 57 heavy (non-hydrogen) atoms. The van der Waals surface area contributed by atoms with Crippen molar-refractivity contribution in [1.82, 2.24) is 0 Å². The molecule has 0 amide bonds. The second-order valence-electron chi connectivity index (χ2n) is 12.3. The molecule has 0 spiro atoms. The molecular formula is C29H38N12O16. The van der Waals surface area contributed by atoms with Crippen LogP contribution in [0.2, 0.25) is 0 Å². The lowest BCUT2D eigenvalue weighted by Crippen LogP contribution is -2.65. The molecule has 0 radical (unpaired) electrons. The average Bonchev–Trinajstić information content (AvgIpc) is 3.41. The molecule has 0 bridgehead atoms. The fourth-order valence-corrected chi connectivity index (χ4v) is 6.36. The predicted molar refractivity (Wildman–Crippen MR) is 179 cm³/mol. The Balaban J connectivity index is 2.26. The van der Waals surface area contributed by atoms with Crippen molar-refractivity contribution in [3.8, 4) is 0 Å². The van der Waals surface area contributed by atoms with Gasteiger partial charge >= 0.3 is 35.8 Å². The van der Waals surface area contributed by atoms with Crippen LogP contribution in [0.3, 0.4) is 0 Å². The summed E-state index contributed by atoms with van der Waals surface area (Å²) in [6.45, 7) is 5.01. The van der Waals surface area contributed by atoms with Crippen molar-refractivity contribution in [2.24, 2.45) is 20.5 Å². The average molecular weight is 811 g/mol. The molecule has 14 atom stereocenters. The summed E-state index contributed by atoms with van der Waals surface area (Å²) in [5.41, 5.74) is 37.7. The van der Waals surface area contributed by atoms with E-state index < -0.39 is 141 Å². The van der Waals surface area contributed by atoms with E-state index in [-0.39, 0.29) is 0 Å². The molecule has 0 aromatic rings. The largest absolute Gasteiger partial charge is 0.463 e. The van der Waals surface area contributed by atoms with E-state index >= 15 is 0 Å². The Morgan fingerprint density at radius 2 is 0.982 bits per heavy atom. The van der Waals surface area contributed by atoms with Gasteiger partial charge in [0.05, 0.1) is 24.7 Å². The number of ether oxygens (including phenoxy) is 10. The Morgan fingerprint density at radius 1 is 0.526 bits per heavy atom. The van der Waals surface area contributed by atoms with Gasteiger partial charge in [0.25, 0.3) is 0 Å². The zero-order chi connectivity index (χ0) is 42.4. The van der Waals surface area contributed by atoms with Gasteiger partial charge in [0.2, 0.25) is 0 Å². The number of carbonyl (C=O) groups is 6. The summed E-state index contributed by atoms with van der Waals surface area (Å²) in [5.74, 6) is -5.36. The first-order valence-corrected chi connectivity index (χ1v) is 16.8. The van der Waals surface area contributed by atoms with Crippen LogP contribution >= 0.6 is 0 Å². The first-order chi connectivity index (χ1) is 27.0. The number of hydrogen-bond donors (Lipinski definition) is 0. The van der Waals surface area contributed by atoms with Gasteiger partial charge in [0.1, 0.15) is 37.1 Å². The first kappa shape index (κ1) is 45.3. The minimum atomic E-state index is -1.88. The van der Waals surface area contributed by atoms with Crippen LogP contribution in [0.4, 0.5) is 0 Å². The summed E-state index contributed by atoms with van der Waals surface area (Å²) in [7, 11) is 0. The molecule has 2 aliphatic heterocycles. The Hall–Kier alpha value is -6.10. The van der Waals surface area contributed by atoms with E-state index in [9.17, 15) is 45.4 Å². The maximum absolute atomic E-state index is 12.5. The smallest absolute Gasteiger partial charge is 0.303 e. The van der Waals surface area contributed by atoms with E-state index in [1.165, 1.54) is 0 Å². The Bertz CT molecular complexity index is 1730. The first-order valence-electron chi connectivity index (χ1n) is 16.8. The van der Waals surface area contributed by atoms with Gasteiger partial charge in [-0.2, -0.15) is 0 Å². The van der Waals surface area contributed by atoms with Gasteiger partial charge < -0.3 is 47.4 Å². The second-order valence-corrected chi connectivity index (χ2v) is 12.3. The van der Waals surface area contributed by atoms with E-state index in [0.29, 0.717) is 0 Å². The summed E-state index contributed by atoms with van der Waals surface area (Å²) < 4.78 is 56.8. The van der Waals surface area contributed by atoms with Gasteiger partial charge in [-0.15, -0.1) is 0 Å². The zero-order valence-electron chi connectivity index (χ0n) is 31.1. The van der Waals surface area contributed by atoms with Crippen LogP contribution in [-0.4, -0.2) is 135 Å². The molecule has 1 saturated carbocycles. The maximum atomic E-state index is 12.5. The third-order valence-corrected chi connectivity index (χ3v) is 8.22. The molecule has 3 rings (SSSR count). The Labute approximate surface area is 321 Å². The Morgan fingerprint density at radius 3 is 1.49 bits per heavy atom. The third kappa shape index (κ3) is 12.4. The van der Waals surface area contributed by atoms with Crippen LogP contribution in [0, 0.1) is 0 Å². The quantitative estimate of drug-likeness (QED) is 0.0708. The predicted octanol–water partition coefficient (Wildman–Crippen LogP) is 2.18. The van der Waals surface area contributed by atoms with E-state index in [0.717, 1.165) is 41.5 Å². The van der Waals surface area contributed by atoms with Crippen LogP contribution < -0.4 is 0 Å². The lowest BCUT2D eigenvalue weighted by molar-refractivity contribution is -0.309. The maximum Gasteiger partial charge on any atom is 0.303 e. The fraction of sp³-hybridized carbons (Fsp3) is 0.793. The van der Waals surface area contributed by atoms with Gasteiger partial charge in [-0.1, -0.05) is 20.5 Å². The van der Waals surface area contributed by atoms with Crippen LogP contribution in [0.1, 0.15) is 48.0 Å². The molecule has 0 unspecified atom stereocenters. The molecule has 0 aromatic heterocycles. The SMILES string of the molecule is CC(=O)OC[C@H]1O[C@@H](O[C@@H]2[C@@H](OC(C)=O)[C@H](N=[N+]=[N-])C[C@H](N=[N+]=[N-])[C@H]2O[C@H]2O[C@H](CN=[N+]=[N-])[C@@H](OC(C)=O)[C@H](OC(C)=O)[C@H]2N=[N+]=[N-])[C@H](OC(C)=O)[C@@H]1OC(C)=O. The minimum Gasteiger partial charge on any atom is -0.463 e. The number of hydrogen-bond acceptors (Lipinski definition) is 20. The molecule has 0 aromatic carbocycles. The van der Waals surface area contributed by atoms with Crippen LogP contribution in [0.5, 0.6) is 0 Å². The zero-order valence-corrected chi connectivity index (χ0v) is 31.1. The van der Waals surface area contributed by atoms with Crippen molar-refractivity contribution in [3.05, 3.63) is 41.8 Å². The monoisotopic (exact) mass is 810 g/mol. The number of azide groups is 4. The molecule has 2 saturated heterocycles. The second kappa shape index (κ2) is 21.3. The molecule has 310 valence electrons. The summed E-state index contributed by atoms with van der Waals surface area (Å²) in [5, 5.41) is 14.6. The highest BCUT2D eigenvalue weighted by Gasteiger charge is 2.57. The van der Waals surface area contributed by atoms with Crippen molar-refractivity contribution in [2.45, 2.75) is 134 Å². The van der Waals surface area contributed by atoms with Gasteiger partial charge in [0, 0.05) is 61.2 Å². The molecule has 0 N–H and O–H groups in total. The minimum absolute atomic E-state index is 0.398. The highest BCUT2D eigenvalue weighted by molar-refractivity contribution is 5.68.